The Bertz CT molecular complexity index is 997. The summed E-state index contributed by atoms with van der Waals surface area (Å²) in [6.45, 7) is 4.51. The van der Waals surface area contributed by atoms with Crippen molar-refractivity contribution in [2.45, 2.75) is 57.4 Å². The number of carbonyl (C=O) groups is 1. The van der Waals surface area contributed by atoms with Crippen molar-refractivity contribution in [3.63, 3.8) is 0 Å². The second-order valence-corrected chi connectivity index (χ2v) is 9.90. The Kier molecular flexibility index (Phi) is 6.50. The number of anilines is 1. The molecule has 0 spiro atoms. The number of unbranched alkanes of at least 4 members (excludes halogenated alkanes) is 1. The zero-order valence-corrected chi connectivity index (χ0v) is 18.7. The fourth-order valence-corrected chi connectivity index (χ4v) is 6.06. The van der Waals surface area contributed by atoms with Crippen LogP contribution in [-0.4, -0.2) is 21.6 Å². The largest absolute Gasteiger partial charge is 0.325 e. The van der Waals surface area contributed by atoms with Gasteiger partial charge >= 0.3 is 0 Å². The second-order valence-electron chi connectivity index (χ2n) is 7.85. The fraction of sp³-hybridized carbons (Fsp3) is 0.435. The van der Waals surface area contributed by atoms with Crippen LogP contribution < -0.4 is 5.32 Å². The topological polar surface area (TPSA) is 54.9 Å². The van der Waals surface area contributed by atoms with Crippen LogP contribution in [0.2, 0.25) is 0 Å². The van der Waals surface area contributed by atoms with Gasteiger partial charge in [0.15, 0.2) is 0 Å². The van der Waals surface area contributed by atoms with Crippen molar-refractivity contribution in [3.05, 3.63) is 46.6 Å². The molecule has 1 aliphatic rings. The van der Waals surface area contributed by atoms with Crippen molar-refractivity contribution in [2.24, 2.45) is 5.92 Å². The van der Waals surface area contributed by atoms with Crippen LogP contribution in [0.15, 0.2) is 35.6 Å². The third-order valence-corrected chi connectivity index (χ3v) is 7.61. The number of aromatic nitrogens is 2. The van der Waals surface area contributed by atoms with Gasteiger partial charge in [0.25, 0.3) is 0 Å². The second kappa shape index (κ2) is 9.26. The molecule has 0 bridgehead atoms. The first-order valence-corrected chi connectivity index (χ1v) is 12.2. The van der Waals surface area contributed by atoms with Crippen LogP contribution in [0, 0.1) is 5.92 Å². The van der Waals surface area contributed by atoms with Crippen LogP contribution >= 0.6 is 23.1 Å². The highest BCUT2D eigenvalue weighted by Gasteiger charge is 2.23. The number of hydrogen-bond donors (Lipinski definition) is 1. The van der Waals surface area contributed by atoms with E-state index in [1.54, 1.807) is 17.7 Å². The average Bonchev–Trinajstić information content (AvgIpc) is 3.09. The lowest BCUT2D eigenvalue weighted by atomic mass is 9.89. The molecule has 0 fully saturated rings. The summed E-state index contributed by atoms with van der Waals surface area (Å²) in [4.78, 5) is 24.0. The number of rotatable bonds is 7. The molecular weight excluding hydrogens is 398 g/mol. The molecular formula is C23H27N3OS2. The zero-order chi connectivity index (χ0) is 20.2. The third kappa shape index (κ3) is 4.81. The Morgan fingerprint density at radius 3 is 2.90 bits per heavy atom. The zero-order valence-electron chi connectivity index (χ0n) is 17.0. The Labute approximate surface area is 180 Å². The number of carbonyl (C=O) groups excluding carboxylic acids is 1. The SMILES string of the molecule is CCCCc1ccc(NC(=O)CSc2ncnc3sc4c(c23)CC[C@H](C)C4)cc1. The highest BCUT2D eigenvalue weighted by atomic mass is 32.2. The smallest absolute Gasteiger partial charge is 0.234 e. The first-order valence-electron chi connectivity index (χ1n) is 10.4. The Morgan fingerprint density at radius 2 is 2.10 bits per heavy atom. The highest BCUT2D eigenvalue weighted by Crippen LogP contribution is 2.40. The van der Waals surface area contributed by atoms with Gasteiger partial charge in [-0.15, -0.1) is 11.3 Å². The predicted molar refractivity (Wildman–Crippen MR) is 123 cm³/mol. The van der Waals surface area contributed by atoms with Gasteiger partial charge in [-0.1, -0.05) is 44.2 Å². The number of aryl methyl sites for hydroxylation is 2. The minimum Gasteiger partial charge on any atom is -0.325 e. The lowest BCUT2D eigenvalue weighted by molar-refractivity contribution is -0.113. The van der Waals surface area contributed by atoms with E-state index in [2.05, 4.69) is 41.3 Å². The lowest BCUT2D eigenvalue weighted by Gasteiger charge is -2.18. The van der Waals surface area contributed by atoms with Gasteiger partial charge in [-0.2, -0.15) is 0 Å². The first-order chi connectivity index (χ1) is 14.1. The van der Waals surface area contributed by atoms with Crippen molar-refractivity contribution < 1.29 is 4.79 Å². The molecule has 6 heteroatoms. The molecule has 2 heterocycles. The van der Waals surface area contributed by atoms with E-state index >= 15 is 0 Å². The van der Waals surface area contributed by atoms with Gasteiger partial charge in [-0.25, -0.2) is 9.97 Å². The van der Waals surface area contributed by atoms with E-state index in [0.717, 1.165) is 40.7 Å². The number of thioether (sulfide) groups is 1. The number of nitrogens with zero attached hydrogens (tertiary/aromatic N) is 2. The van der Waals surface area contributed by atoms with Crippen molar-refractivity contribution in [1.82, 2.24) is 9.97 Å². The summed E-state index contributed by atoms with van der Waals surface area (Å²) >= 11 is 3.31. The van der Waals surface area contributed by atoms with Crippen molar-refractivity contribution in [3.8, 4) is 0 Å². The normalized spacial score (nSPS) is 16.0. The Balaban J connectivity index is 1.41. The van der Waals surface area contributed by atoms with Crippen LogP contribution in [0.3, 0.4) is 0 Å². The number of thiophene rings is 1. The molecule has 29 heavy (non-hydrogen) atoms. The number of amides is 1. The Morgan fingerprint density at radius 1 is 1.28 bits per heavy atom. The maximum absolute atomic E-state index is 12.5. The molecule has 1 aromatic carbocycles. The van der Waals surface area contributed by atoms with Gasteiger partial charge in [0, 0.05) is 16.0 Å². The summed E-state index contributed by atoms with van der Waals surface area (Å²) < 4.78 is 0. The predicted octanol–water partition coefficient (Wildman–Crippen LogP) is 5.89. The van der Waals surface area contributed by atoms with Crippen LogP contribution in [0.5, 0.6) is 0 Å². The summed E-state index contributed by atoms with van der Waals surface area (Å²) in [5.41, 5.74) is 3.58. The van der Waals surface area contributed by atoms with E-state index in [1.807, 2.05) is 12.1 Å². The van der Waals surface area contributed by atoms with Crippen molar-refractivity contribution in [2.75, 3.05) is 11.1 Å². The molecule has 0 saturated heterocycles. The molecule has 0 unspecified atom stereocenters. The standard InChI is InChI=1S/C23H27N3OS2/c1-3-4-5-16-7-9-17(10-8-16)26-20(27)13-28-22-21-18-11-6-15(2)12-19(18)29-23(21)25-14-24-22/h7-10,14-15H,3-6,11-13H2,1-2H3,(H,26,27)/t15-/m0/s1. The lowest BCUT2D eigenvalue weighted by Crippen LogP contribution is -2.14. The molecule has 3 aromatic rings. The molecule has 0 aliphatic heterocycles. The Hall–Kier alpha value is -1.92. The minimum absolute atomic E-state index is 0.000731. The van der Waals surface area contributed by atoms with E-state index in [0.29, 0.717) is 5.75 Å². The first kappa shape index (κ1) is 20.4. The molecule has 2 aromatic heterocycles. The van der Waals surface area contributed by atoms with Gasteiger partial charge in [0.1, 0.15) is 16.2 Å². The average molecular weight is 426 g/mol. The minimum atomic E-state index is 0.000731. The van der Waals surface area contributed by atoms with Crippen LogP contribution in [-0.2, 0) is 24.1 Å². The molecule has 0 saturated carbocycles. The van der Waals surface area contributed by atoms with E-state index in [4.69, 9.17) is 0 Å². The van der Waals surface area contributed by atoms with Crippen LogP contribution in [0.1, 0.15) is 49.1 Å². The molecule has 1 N–H and O–H groups in total. The van der Waals surface area contributed by atoms with Crippen LogP contribution in [0.25, 0.3) is 10.2 Å². The maximum Gasteiger partial charge on any atom is 0.234 e. The van der Waals surface area contributed by atoms with Crippen molar-refractivity contribution in [1.29, 1.82) is 0 Å². The van der Waals surface area contributed by atoms with Gasteiger partial charge in [-0.3, -0.25) is 4.79 Å². The van der Waals surface area contributed by atoms with E-state index in [1.165, 1.54) is 52.4 Å². The van der Waals surface area contributed by atoms with E-state index in [-0.39, 0.29) is 5.91 Å². The molecule has 0 radical (unpaired) electrons. The third-order valence-electron chi connectivity index (χ3n) is 5.45. The summed E-state index contributed by atoms with van der Waals surface area (Å²) in [7, 11) is 0. The summed E-state index contributed by atoms with van der Waals surface area (Å²) in [5.74, 6) is 1.09. The summed E-state index contributed by atoms with van der Waals surface area (Å²) in [6, 6.07) is 8.19. The van der Waals surface area contributed by atoms with Gasteiger partial charge < -0.3 is 5.32 Å². The molecule has 1 atom stereocenters. The number of hydrogen-bond acceptors (Lipinski definition) is 5. The molecule has 152 valence electrons. The molecule has 4 rings (SSSR count). The van der Waals surface area contributed by atoms with E-state index in [9.17, 15) is 4.79 Å². The molecule has 4 nitrogen and oxygen atoms in total. The fourth-order valence-electron chi connectivity index (χ4n) is 3.82. The highest BCUT2D eigenvalue weighted by molar-refractivity contribution is 8.00. The number of benzene rings is 1. The van der Waals surface area contributed by atoms with Gasteiger partial charge in [0.2, 0.25) is 5.91 Å². The molecule has 1 aliphatic carbocycles. The van der Waals surface area contributed by atoms with Crippen molar-refractivity contribution >= 4 is 44.9 Å². The van der Waals surface area contributed by atoms with E-state index < -0.39 is 0 Å². The molecule has 1 amide bonds. The van der Waals surface area contributed by atoms with Gasteiger partial charge in [0.05, 0.1) is 5.75 Å². The summed E-state index contributed by atoms with van der Waals surface area (Å²) in [5, 5.41) is 5.12. The van der Waals surface area contributed by atoms with Gasteiger partial charge in [-0.05, 0) is 61.3 Å². The maximum atomic E-state index is 12.5. The number of fused-ring (bicyclic) bond motifs is 3. The van der Waals surface area contributed by atoms with Crippen LogP contribution in [0.4, 0.5) is 5.69 Å². The number of nitrogens with one attached hydrogen (secondary N) is 1. The summed E-state index contributed by atoms with van der Waals surface area (Å²) in [6.07, 6.45) is 8.55. The monoisotopic (exact) mass is 425 g/mol. The quantitative estimate of drug-likeness (QED) is 0.379.